The number of aryl methyl sites for hydroxylation is 2. The lowest BCUT2D eigenvalue weighted by Gasteiger charge is -2.52. The summed E-state index contributed by atoms with van der Waals surface area (Å²) in [6.07, 6.45) is 10.4. The van der Waals surface area contributed by atoms with E-state index in [1.54, 1.807) is 22.3 Å². The van der Waals surface area contributed by atoms with E-state index in [2.05, 4.69) is 467 Å². The molecule has 0 atom stereocenters. The number of rotatable bonds is 15. The monoisotopic (exact) mass is 1870 g/mol. The Morgan fingerprint density at radius 3 is 0.948 bits per heavy atom. The van der Waals surface area contributed by atoms with Gasteiger partial charge in [0.15, 0.2) is 0 Å². The summed E-state index contributed by atoms with van der Waals surface area (Å²) in [7, 11) is -3.14. The van der Waals surface area contributed by atoms with Gasteiger partial charge in [0.05, 0.1) is 33.2 Å². The van der Waals surface area contributed by atoms with Crippen LogP contribution in [0.5, 0.6) is 0 Å². The van der Waals surface area contributed by atoms with E-state index in [1.807, 2.05) is 34.8 Å². The van der Waals surface area contributed by atoms with E-state index in [4.69, 9.17) is 11.6 Å². The van der Waals surface area contributed by atoms with Gasteiger partial charge in [0.2, 0.25) is 0 Å². The largest absolute Gasteiger partial charge is 0.354 e. The highest BCUT2D eigenvalue weighted by molar-refractivity contribution is 7.18. The number of nitrogens with one attached hydrogen (secondary N) is 1. The summed E-state index contributed by atoms with van der Waals surface area (Å²) in [5.74, 6) is 0. The number of nitrogens with zero attached hydrogens (tertiary/aromatic N) is 3. The van der Waals surface area contributed by atoms with E-state index in [-0.39, 0.29) is 50.7 Å². The van der Waals surface area contributed by atoms with Crippen LogP contribution >= 0.6 is 34.3 Å². The average molecular weight is 1870 g/mol. The van der Waals surface area contributed by atoms with Crippen molar-refractivity contribution >= 4 is 144 Å². The molecule has 6 aliphatic rings. The van der Waals surface area contributed by atoms with Crippen molar-refractivity contribution in [1.29, 1.82) is 0 Å². The summed E-state index contributed by atoms with van der Waals surface area (Å²) in [6, 6.07) is 93.3. The average Bonchev–Trinajstić information content (AvgIpc) is 1.24. The number of anilines is 11. The molecule has 6 aliphatic carbocycles. The Hall–Kier alpha value is -9.52. The van der Waals surface area contributed by atoms with Crippen molar-refractivity contribution in [2.75, 3.05) is 20.0 Å². The molecule has 9 heteroatoms. The topological polar surface area (TPSA) is 21.8 Å². The first-order valence-corrected chi connectivity index (χ1v) is 58.3. The molecule has 0 unspecified atom stereocenters. The maximum atomic E-state index is 6.41. The van der Waals surface area contributed by atoms with E-state index >= 15 is 0 Å². The molecular weight excluding hydrogens is 1710 g/mol. The maximum Gasteiger partial charge on any atom is 0.0776 e. The van der Waals surface area contributed by atoms with Crippen LogP contribution in [-0.4, -0.2) is 16.1 Å². The third-order valence-electron chi connectivity index (χ3n) is 30.4. The Balaban J connectivity index is 0.000000169. The van der Waals surface area contributed by atoms with Gasteiger partial charge in [-0.2, -0.15) is 0 Å². The standard InChI is InChI=1S/C62H74N2SSi.C35H43NSSi.C27H32ClN.CH4/c1-41-34-48(63(46-24-20-44(21-25-46)59(5,6)7)47-26-22-45(23-27-47)60(8,9)10)36-49(35-41)64(56-40-65-57-39-54-53(38-52(56)57)61(11)30-32-62(54,12)33-31-61)55-29-28-50(66(13,14)15)37-51(55)42-16-18-43(19-17-42)58(2,3)4;1-33(2,3)24-11-9-23(10-12-24)26-19-25(38(6,7)8)13-14-30(26)36-31-22-37-32-21-29-28(20-27(31)32)34(4)15-17-35(29,5)18-16-34;1-19-16-22(28)18-25(17-19)29(23-12-8-20(9-13-23)26(2,3)4)24-14-10-21(11-15-24)27(5,6)7;/h16-29,34-40H,30-33H2,1-15H3;9-14,19-22,36H,15-18H2,1-8H3;8-18H,1-7H3;1H4. The van der Waals surface area contributed by atoms with Crippen molar-refractivity contribution in [3.8, 4) is 22.3 Å². The molecule has 0 aliphatic heterocycles. The summed E-state index contributed by atoms with van der Waals surface area (Å²) < 4.78 is 2.80. The first kappa shape index (κ1) is 99.0. The maximum absolute atomic E-state index is 6.41. The second-order valence-electron chi connectivity index (χ2n) is 49.3. The van der Waals surface area contributed by atoms with Crippen LogP contribution in [0.25, 0.3) is 42.4 Å². The van der Waals surface area contributed by atoms with Crippen LogP contribution in [0.2, 0.25) is 44.3 Å². The van der Waals surface area contributed by atoms with E-state index in [1.165, 1.54) is 166 Å². The van der Waals surface area contributed by atoms with Crippen LogP contribution in [0.1, 0.15) is 278 Å². The van der Waals surface area contributed by atoms with Crippen LogP contribution < -0.4 is 30.4 Å². The molecule has 4 bridgehead atoms. The molecule has 0 radical (unpaired) electrons. The summed E-state index contributed by atoms with van der Waals surface area (Å²) >= 11 is 10.2. The van der Waals surface area contributed by atoms with Crippen LogP contribution in [0, 0.1) is 13.8 Å². The third kappa shape index (κ3) is 20.3. The van der Waals surface area contributed by atoms with E-state index in [0.29, 0.717) is 10.8 Å². The van der Waals surface area contributed by atoms with Crippen molar-refractivity contribution in [2.24, 2.45) is 0 Å². The van der Waals surface area contributed by atoms with Crippen molar-refractivity contribution < 1.29 is 0 Å². The Bertz CT molecular complexity index is 6470. The zero-order valence-electron chi connectivity index (χ0n) is 85.9. The van der Waals surface area contributed by atoms with Gasteiger partial charge >= 0.3 is 0 Å². The normalized spacial score (nSPS) is 18.4. The molecule has 0 spiro atoms. The van der Waals surface area contributed by atoms with Crippen molar-refractivity contribution in [1.82, 2.24) is 0 Å². The quantitative estimate of drug-likeness (QED) is 0.103. The third-order valence-corrected chi connectivity index (χ3v) is 36.5. The number of halogens is 1. The molecule has 0 saturated heterocycles. The molecule has 2 aromatic heterocycles. The lowest BCUT2D eigenvalue weighted by atomic mass is 9.52. The van der Waals surface area contributed by atoms with Gasteiger partial charge < -0.3 is 20.0 Å². The number of fused-ring (bicyclic) bond motifs is 6. The smallest absolute Gasteiger partial charge is 0.0776 e. The number of hydrogen-bond donors (Lipinski definition) is 1. The summed E-state index contributed by atoms with van der Waals surface area (Å²) in [6.45, 7) is 70.2. The van der Waals surface area contributed by atoms with Gasteiger partial charge in [-0.05, 0) is 319 Å². The van der Waals surface area contributed by atoms with Gasteiger partial charge in [-0.1, -0.05) is 342 Å². The second-order valence-corrected chi connectivity index (χ2v) is 61.7. The lowest BCUT2D eigenvalue weighted by Crippen LogP contribution is -2.44. The molecule has 12 aromatic carbocycles. The van der Waals surface area contributed by atoms with E-state index in [9.17, 15) is 0 Å². The molecule has 2 heterocycles. The summed E-state index contributed by atoms with van der Waals surface area (Å²) in [5, 5.41) is 15.2. The Morgan fingerprint density at radius 2 is 0.590 bits per heavy atom. The highest BCUT2D eigenvalue weighted by atomic mass is 35.5. The van der Waals surface area contributed by atoms with Crippen molar-refractivity contribution in [2.45, 2.75) is 318 Å². The molecule has 700 valence electrons. The number of hydrogen-bond acceptors (Lipinski definition) is 6. The number of thiophene rings is 2. The van der Waals surface area contributed by atoms with Crippen LogP contribution in [0.4, 0.5) is 62.6 Å². The minimum atomic E-state index is -1.69. The molecule has 2 fully saturated rings. The second kappa shape index (κ2) is 36.1. The van der Waals surface area contributed by atoms with E-state index in [0.717, 1.165) is 50.4 Å². The summed E-state index contributed by atoms with van der Waals surface area (Å²) in [5.41, 5.74) is 36.6. The minimum absolute atomic E-state index is 0. The van der Waals surface area contributed by atoms with Gasteiger partial charge in [-0.3, -0.25) is 0 Å². The molecule has 1 N–H and O–H groups in total. The van der Waals surface area contributed by atoms with Gasteiger partial charge in [0.1, 0.15) is 0 Å². The van der Waals surface area contributed by atoms with Gasteiger partial charge in [0, 0.05) is 92.6 Å². The highest BCUT2D eigenvalue weighted by Crippen LogP contribution is 2.61. The fraction of sp³-hybridized carbons (Fsp3) is 0.392. The first-order valence-electron chi connectivity index (χ1n) is 49.2. The molecule has 4 nitrogen and oxygen atoms in total. The van der Waals surface area contributed by atoms with Crippen LogP contribution in [0.15, 0.2) is 253 Å². The zero-order chi connectivity index (χ0) is 95.8. The molecule has 134 heavy (non-hydrogen) atoms. The van der Waals surface area contributed by atoms with Gasteiger partial charge in [0.25, 0.3) is 0 Å². The Labute approximate surface area is 822 Å². The van der Waals surface area contributed by atoms with E-state index < -0.39 is 16.1 Å². The molecular formula is C125H153ClN4S2Si2. The Morgan fingerprint density at radius 1 is 0.291 bits per heavy atom. The van der Waals surface area contributed by atoms with Gasteiger partial charge in [-0.15, -0.1) is 22.7 Å². The first-order chi connectivity index (χ1) is 62.0. The predicted octanol–water partition coefficient (Wildman–Crippen LogP) is 38.0. The zero-order valence-corrected chi connectivity index (χ0v) is 90.3. The predicted molar refractivity (Wildman–Crippen MR) is 600 cm³/mol. The van der Waals surface area contributed by atoms with Crippen molar-refractivity contribution in [3.63, 3.8) is 0 Å². The molecule has 20 rings (SSSR count). The molecule has 2 saturated carbocycles. The minimum Gasteiger partial charge on any atom is -0.354 e. The molecule has 0 amide bonds. The van der Waals surface area contributed by atoms with Crippen LogP contribution in [0.3, 0.4) is 0 Å². The number of benzene rings is 12. The van der Waals surface area contributed by atoms with Crippen LogP contribution in [-0.2, 0) is 54.1 Å². The summed E-state index contributed by atoms with van der Waals surface area (Å²) in [4.78, 5) is 7.36. The SMILES string of the molecule is C.CC(C)(C)c1ccc(-c2cc([Si](C)(C)C)ccc2Nc2csc3cc4c(cc23)C2(C)CCC4(C)CC2)cc1.Cc1cc(Cl)cc(N(c2ccc(C(C)(C)C)cc2)c2ccc(C(C)(C)C)cc2)c1.Cc1cc(N(c2ccc(C(C)(C)C)cc2)c2ccc(C(C)(C)C)cc2)cc(N(c2ccc([Si](C)(C)C)cc2-c2ccc(C(C)(C)C)cc2)c2csc3cc4c(cc23)C2(C)CCC4(C)CC2)c1. The fourth-order valence-corrected chi connectivity index (χ4v) is 25.5. The Kier molecular flexibility index (Phi) is 26.7. The highest BCUT2D eigenvalue weighted by Gasteiger charge is 2.50. The lowest BCUT2D eigenvalue weighted by molar-refractivity contribution is 0.188. The fourth-order valence-electron chi connectivity index (χ4n) is 21.0. The van der Waals surface area contributed by atoms with Gasteiger partial charge in [-0.25, -0.2) is 0 Å². The molecule has 14 aromatic rings. The van der Waals surface area contributed by atoms with Crippen molar-refractivity contribution in [3.05, 3.63) is 325 Å².